The summed E-state index contributed by atoms with van der Waals surface area (Å²) in [6.07, 6.45) is 1.50. The number of thiocarbonyl (C=S) groups is 1. The van der Waals surface area contributed by atoms with Crippen molar-refractivity contribution >= 4 is 35.1 Å². The van der Waals surface area contributed by atoms with Crippen LogP contribution in [0.2, 0.25) is 5.02 Å². The summed E-state index contributed by atoms with van der Waals surface area (Å²) in [4.78, 5) is 0. The number of rotatable bonds is 5. The average molecular weight is 338 g/mol. The van der Waals surface area contributed by atoms with Gasteiger partial charge in [-0.05, 0) is 48.1 Å². The molecule has 0 saturated carbocycles. The van der Waals surface area contributed by atoms with Gasteiger partial charge in [0.1, 0.15) is 18.2 Å². The van der Waals surface area contributed by atoms with Crippen molar-refractivity contribution in [3.8, 4) is 5.75 Å². The molecule has 7 heteroatoms. The van der Waals surface area contributed by atoms with Crippen LogP contribution in [0.15, 0.2) is 47.6 Å². The third-order valence-corrected chi connectivity index (χ3v) is 2.98. The molecule has 0 aliphatic heterocycles. The van der Waals surface area contributed by atoms with E-state index >= 15 is 0 Å². The number of nitrogens with zero attached hydrogens (tertiary/aromatic N) is 1. The minimum Gasteiger partial charge on any atom is -0.488 e. The van der Waals surface area contributed by atoms with Crippen LogP contribution in [-0.2, 0) is 6.61 Å². The molecule has 0 aliphatic rings. The fraction of sp³-hybridized carbons (Fsp3) is 0.0667. The first kappa shape index (κ1) is 16.2. The van der Waals surface area contributed by atoms with Crippen molar-refractivity contribution in [2.24, 2.45) is 10.8 Å². The van der Waals surface area contributed by atoms with E-state index in [2.05, 4.69) is 22.7 Å². The Labute approximate surface area is 137 Å². The first-order valence-electron chi connectivity index (χ1n) is 6.30. The van der Waals surface area contributed by atoms with E-state index in [0.717, 1.165) is 5.56 Å². The van der Waals surface area contributed by atoms with E-state index in [4.69, 9.17) is 22.1 Å². The number of hydrogen-bond donors (Lipinski definition) is 2. The molecular weight excluding hydrogens is 325 g/mol. The minimum absolute atomic E-state index is 0.0621. The average Bonchev–Trinajstić information content (AvgIpc) is 2.48. The highest BCUT2D eigenvalue weighted by Gasteiger charge is 2.04. The Kier molecular flexibility index (Phi) is 5.68. The molecule has 22 heavy (non-hydrogen) atoms. The highest BCUT2D eigenvalue weighted by atomic mass is 35.5. The standard InChI is InChI=1S/C15H13ClFN3OS/c16-12-3-6-14(11(7-12)8-19-20-15(18)22)21-9-10-1-4-13(17)5-2-10/h1-8H,9H2,(H3,18,20,22)/b19-8-. The molecule has 2 rings (SSSR count). The second-order valence-electron chi connectivity index (χ2n) is 4.33. The summed E-state index contributed by atoms with van der Waals surface area (Å²) >= 11 is 10.6. The van der Waals surface area contributed by atoms with Crippen LogP contribution >= 0.6 is 23.8 Å². The summed E-state index contributed by atoms with van der Waals surface area (Å²) in [6.45, 7) is 0.297. The number of halogens is 2. The summed E-state index contributed by atoms with van der Waals surface area (Å²) < 4.78 is 18.6. The lowest BCUT2D eigenvalue weighted by Gasteiger charge is -2.09. The highest BCUT2D eigenvalue weighted by Crippen LogP contribution is 2.22. The Hall–Kier alpha value is -2.18. The molecule has 114 valence electrons. The second-order valence-corrected chi connectivity index (χ2v) is 5.21. The maximum Gasteiger partial charge on any atom is 0.184 e. The molecule has 0 radical (unpaired) electrons. The van der Waals surface area contributed by atoms with E-state index in [1.54, 1.807) is 30.3 Å². The summed E-state index contributed by atoms with van der Waals surface area (Å²) in [5.41, 5.74) is 9.26. The lowest BCUT2D eigenvalue weighted by molar-refractivity contribution is 0.305. The summed E-state index contributed by atoms with van der Waals surface area (Å²) in [7, 11) is 0. The van der Waals surface area contributed by atoms with E-state index in [-0.39, 0.29) is 10.9 Å². The van der Waals surface area contributed by atoms with Gasteiger partial charge in [-0.25, -0.2) is 4.39 Å². The predicted molar refractivity (Wildman–Crippen MR) is 89.7 cm³/mol. The lowest BCUT2D eigenvalue weighted by atomic mass is 10.2. The van der Waals surface area contributed by atoms with Crippen molar-refractivity contribution in [2.75, 3.05) is 0 Å². The smallest absolute Gasteiger partial charge is 0.184 e. The van der Waals surface area contributed by atoms with Gasteiger partial charge in [-0.2, -0.15) is 5.10 Å². The fourth-order valence-electron chi connectivity index (χ4n) is 1.66. The molecule has 0 spiro atoms. The lowest BCUT2D eigenvalue weighted by Crippen LogP contribution is -2.24. The third kappa shape index (κ3) is 4.98. The zero-order chi connectivity index (χ0) is 15.9. The third-order valence-electron chi connectivity index (χ3n) is 2.66. The summed E-state index contributed by atoms with van der Waals surface area (Å²) in [5, 5.41) is 4.49. The molecular formula is C15H13ClFN3OS. The van der Waals surface area contributed by atoms with Gasteiger partial charge in [-0.15, -0.1) is 0 Å². The van der Waals surface area contributed by atoms with Gasteiger partial charge in [-0.1, -0.05) is 23.7 Å². The number of benzene rings is 2. The molecule has 0 fully saturated rings. The van der Waals surface area contributed by atoms with Gasteiger partial charge in [0.2, 0.25) is 0 Å². The second kappa shape index (κ2) is 7.72. The van der Waals surface area contributed by atoms with E-state index in [1.807, 2.05) is 0 Å². The van der Waals surface area contributed by atoms with Gasteiger partial charge in [-0.3, -0.25) is 5.43 Å². The molecule has 0 saturated heterocycles. The molecule has 3 N–H and O–H groups in total. The van der Waals surface area contributed by atoms with Crippen LogP contribution in [0.4, 0.5) is 4.39 Å². The molecule has 0 atom stereocenters. The van der Waals surface area contributed by atoms with Crippen LogP contribution in [0, 0.1) is 5.82 Å². The quantitative estimate of drug-likeness (QED) is 0.499. The van der Waals surface area contributed by atoms with Crippen LogP contribution in [-0.4, -0.2) is 11.3 Å². The fourth-order valence-corrected chi connectivity index (χ4v) is 1.89. The van der Waals surface area contributed by atoms with E-state index in [9.17, 15) is 4.39 Å². The van der Waals surface area contributed by atoms with Crippen LogP contribution in [0.1, 0.15) is 11.1 Å². The van der Waals surface area contributed by atoms with Gasteiger partial charge in [0.05, 0.1) is 6.21 Å². The van der Waals surface area contributed by atoms with Crippen molar-refractivity contribution in [3.05, 3.63) is 64.4 Å². The molecule has 0 aliphatic carbocycles. The maximum absolute atomic E-state index is 12.9. The molecule has 4 nitrogen and oxygen atoms in total. The molecule has 0 unspecified atom stereocenters. The minimum atomic E-state index is -0.285. The number of hydrogen-bond acceptors (Lipinski definition) is 3. The Balaban J connectivity index is 2.10. The number of ether oxygens (including phenoxy) is 1. The monoisotopic (exact) mass is 337 g/mol. The summed E-state index contributed by atoms with van der Waals surface area (Å²) in [6, 6.07) is 11.2. The van der Waals surface area contributed by atoms with Crippen molar-refractivity contribution in [1.29, 1.82) is 0 Å². The zero-order valence-corrected chi connectivity index (χ0v) is 13.0. The predicted octanol–water partition coefficient (Wildman–Crippen LogP) is 3.23. The molecule has 0 heterocycles. The van der Waals surface area contributed by atoms with Gasteiger partial charge in [0.25, 0.3) is 0 Å². The van der Waals surface area contributed by atoms with Gasteiger partial charge < -0.3 is 10.5 Å². The Morgan fingerprint density at radius 2 is 2.05 bits per heavy atom. The topological polar surface area (TPSA) is 59.6 Å². The molecule has 0 amide bonds. The zero-order valence-electron chi connectivity index (χ0n) is 11.4. The number of nitrogens with two attached hydrogens (primary N) is 1. The molecule has 0 bridgehead atoms. The number of nitrogens with one attached hydrogen (secondary N) is 1. The van der Waals surface area contributed by atoms with Gasteiger partial charge >= 0.3 is 0 Å². The van der Waals surface area contributed by atoms with Crippen molar-refractivity contribution < 1.29 is 9.13 Å². The van der Waals surface area contributed by atoms with Gasteiger partial charge in [0.15, 0.2) is 5.11 Å². The first-order valence-corrected chi connectivity index (χ1v) is 7.08. The van der Waals surface area contributed by atoms with Crippen LogP contribution in [0.5, 0.6) is 5.75 Å². The van der Waals surface area contributed by atoms with Crippen molar-refractivity contribution in [1.82, 2.24) is 5.43 Å². The van der Waals surface area contributed by atoms with E-state index in [1.165, 1.54) is 18.3 Å². The molecule has 0 aromatic heterocycles. The number of hydrazone groups is 1. The van der Waals surface area contributed by atoms with Crippen LogP contribution in [0.3, 0.4) is 0 Å². The summed E-state index contributed by atoms with van der Waals surface area (Å²) in [5.74, 6) is 0.300. The maximum atomic E-state index is 12.9. The van der Waals surface area contributed by atoms with Crippen LogP contribution in [0.25, 0.3) is 0 Å². The van der Waals surface area contributed by atoms with Crippen LogP contribution < -0.4 is 15.9 Å². The van der Waals surface area contributed by atoms with Crippen molar-refractivity contribution in [2.45, 2.75) is 6.61 Å². The van der Waals surface area contributed by atoms with E-state index < -0.39 is 0 Å². The Morgan fingerprint density at radius 3 is 2.73 bits per heavy atom. The largest absolute Gasteiger partial charge is 0.488 e. The molecule has 2 aromatic carbocycles. The normalized spacial score (nSPS) is 10.6. The first-order chi connectivity index (χ1) is 10.5. The van der Waals surface area contributed by atoms with Crippen molar-refractivity contribution in [3.63, 3.8) is 0 Å². The Bertz CT molecular complexity index is 692. The van der Waals surface area contributed by atoms with Gasteiger partial charge in [0, 0.05) is 10.6 Å². The SMILES string of the molecule is NC(=S)N/N=C\c1cc(Cl)ccc1OCc1ccc(F)cc1. The molecule has 2 aromatic rings. The van der Waals surface area contributed by atoms with E-state index in [0.29, 0.717) is 22.9 Å². The highest BCUT2D eigenvalue weighted by molar-refractivity contribution is 7.80. The Morgan fingerprint density at radius 1 is 1.32 bits per heavy atom.